The van der Waals surface area contributed by atoms with Crippen LogP contribution in [-0.4, -0.2) is 9.97 Å². The van der Waals surface area contributed by atoms with E-state index < -0.39 is 0 Å². The molecule has 1 aromatic carbocycles. The van der Waals surface area contributed by atoms with Crippen molar-refractivity contribution in [3.63, 3.8) is 0 Å². The minimum absolute atomic E-state index is 0.108. The van der Waals surface area contributed by atoms with Crippen LogP contribution in [0.2, 0.25) is 0 Å². The Morgan fingerprint density at radius 1 is 1.33 bits per heavy atom. The Labute approximate surface area is 113 Å². The zero-order chi connectivity index (χ0) is 13.0. The van der Waals surface area contributed by atoms with Gasteiger partial charge in [0, 0.05) is 18.0 Å². The number of benzene rings is 1. The summed E-state index contributed by atoms with van der Waals surface area (Å²) in [5.41, 5.74) is 4.57. The standard InChI is InChI=1S/C12H12BrFN4/c13-10-3-8(1-2-11(10)14)4-12(18-15)9-5-16-7-17-6-9/h1-3,5-7,12,18H,4,15H2. The molecule has 2 rings (SSSR count). The Balaban J connectivity index is 2.18. The highest BCUT2D eigenvalue weighted by Crippen LogP contribution is 2.21. The van der Waals surface area contributed by atoms with E-state index in [1.807, 2.05) is 0 Å². The van der Waals surface area contributed by atoms with Gasteiger partial charge in [-0.3, -0.25) is 11.3 Å². The van der Waals surface area contributed by atoms with Crippen LogP contribution in [-0.2, 0) is 6.42 Å². The molecular formula is C12H12BrFN4. The molecule has 6 heteroatoms. The van der Waals surface area contributed by atoms with E-state index in [1.54, 1.807) is 24.5 Å². The van der Waals surface area contributed by atoms with Gasteiger partial charge >= 0.3 is 0 Å². The fraction of sp³-hybridized carbons (Fsp3) is 0.167. The van der Waals surface area contributed by atoms with Crippen LogP contribution >= 0.6 is 15.9 Å². The normalized spacial score (nSPS) is 12.4. The summed E-state index contributed by atoms with van der Waals surface area (Å²) in [5, 5.41) is 0. The summed E-state index contributed by atoms with van der Waals surface area (Å²) >= 11 is 3.16. The van der Waals surface area contributed by atoms with Crippen LogP contribution in [0.3, 0.4) is 0 Å². The third-order valence-electron chi connectivity index (χ3n) is 2.61. The Hall–Kier alpha value is -1.37. The first-order chi connectivity index (χ1) is 8.70. The Bertz CT molecular complexity index is 521. The van der Waals surface area contributed by atoms with Crippen molar-refractivity contribution in [2.45, 2.75) is 12.5 Å². The van der Waals surface area contributed by atoms with Crippen LogP contribution in [0.1, 0.15) is 17.2 Å². The van der Waals surface area contributed by atoms with Gasteiger partial charge in [-0.25, -0.2) is 14.4 Å². The first-order valence-corrected chi connectivity index (χ1v) is 6.15. The predicted molar refractivity (Wildman–Crippen MR) is 69.9 cm³/mol. The van der Waals surface area contributed by atoms with Crippen molar-refractivity contribution >= 4 is 15.9 Å². The van der Waals surface area contributed by atoms with Crippen LogP contribution in [0, 0.1) is 5.82 Å². The van der Waals surface area contributed by atoms with Gasteiger partial charge in [0.2, 0.25) is 0 Å². The Morgan fingerprint density at radius 2 is 2.06 bits per heavy atom. The lowest BCUT2D eigenvalue weighted by atomic mass is 10.0. The van der Waals surface area contributed by atoms with Crippen molar-refractivity contribution in [1.29, 1.82) is 0 Å². The molecule has 0 saturated carbocycles. The Kier molecular flexibility index (Phi) is 4.35. The van der Waals surface area contributed by atoms with Gasteiger partial charge in [-0.05, 0) is 40.0 Å². The second-order valence-corrected chi connectivity index (χ2v) is 4.70. The van der Waals surface area contributed by atoms with Crippen molar-refractivity contribution in [1.82, 2.24) is 15.4 Å². The largest absolute Gasteiger partial charge is 0.271 e. The van der Waals surface area contributed by atoms with E-state index in [0.29, 0.717) is 10.9 Å². The SMILES string of the molecule is NNC(Cc1ccc(F)c(Br)c1)c1cncnc1. The molecule has 0 bridgehead atoms. The molecule has 1 unspecified atom stereocenters. The fourth-order valence-corrected chi connectivity index (χ4v) is 2.09. The molecule has 0 aliphatic rings. The molecule has 2 aromatic rings. The van der Waals surface area contributed by atoms with Gasteiger partial charge in [-0.2, -0.15) is 0 Å². The lowest BCUT2D eigenvalue weighted by Gasteiger charge is -2.15. The van der Waals surface area contributed by atoms with Crippen LogP contribution < -0.4 is 11.3 Å². The lowest BCUT2D eigenvalue weighted by molar-refractivity contribution is 0.546. The number of hydrogen-bond donors (Lipinski definition) is 2. The zero-order valence-electron chi connectivity index (χ0n) is 9.48. The molecule has 1 aromatic heterocycles. The number of hydrazine groups is 1. The summed E-state index contributed by atoms with van der Waals surface area (Å²) < 4.78 is 13.6. The lowest BCUT2D eigenvalue weighted by Crippen LogP contribution is -2.29. The molecule has 4 nitrogen and oxygen atoms in total. The van der Waals surface area contributed by atoms with E-state index in [-0.39, 0.29) is 11.9 Å². The van der Waals surface area contributed by atoms with Gasteiger partial charge in [0.05, 0.1) is 10.5 Å². The second kappa shape index (κ2) is 5.99. The van der Waals surface area contributed by atoms with Gasteiger partial charge in [0.1, 0.15) is 12.1 Å². The summed E-state index contributed by atoms with van der Waals surface area (Å²) in [5.74, 6) is 5.25. The summed E-state index contributed by atoms with van der Waals surface area (Å²) in [7, 11) is 0. The second-order valence-electron chi connectivity index (χ2n) is 3.84. The zero-order valence-corrected chi connectivity index (χ0v) is 11.1. The molecule has 0 saturated heterocycles. The van der Waals surface area contributed by atoms with Crippen LogP contribution in [0.25, 0.3) is 0 Å². The molecule has 94 valence electrons. The summed E-state index contributed by atoms with van der Waals surface area (Å²) in [6.45, 7) is 0. The van der Waals surface area contributed by atoms with E-state index in [1.165, 1.54) is 12.4 Å². The third kappa shape index (κ3) is 3.10. The first-order valence-electron chi connectivity index (χ1n) is 5.35. The third-order valence-corrected chi connectivity index (χ3v) is 3.22. The van der Waals surface area contributed by atoms with E-state index in [2.05, 4.69) is 31.3 Å². The highest BCUT2D eigenvalue weighted by Gasteiger charge is 2.12. The van der Waals surface area contributed by atoms with E-state index >= 15 is 0 Å². The maximum Gasteiger partial charge on any atom is 0.137 e. The van der Waals surface area contributed by atoms with Gasteiger partial charge < -0.3 is 0 Å². The number of halogens is 2. The molecule has 18 heavy (non-hydrogen) atoms. The molecule has 0 amide bonds. The van der Waals surface area contributed by atoms with Crippen molar-refractivity contribution < 1.29 is 4.39 Å². The molecule has 0 spiro atoms. The van der Waals surface area contributed by atoms with Crippen LogP contribution in [0.5, 0.6) is 0 Å². The fourth-order valence-electron chi connectivity index (χ4n) is 1.67. The maximum absolute atomic E-state index is 13.1. The number of nitrogens with two attached hydrogens (primary N) is 1. The highest BCUT2D eigenvalue weighted by atomic mass is 79.9. The van der Waals surface area contributed by atoms with Crippen molar-refractivity contribution in [2.24, 2.45) is 5.84 Å². The average molecular weight is 311 g/mol. The highest BCUT2D eigenvalue weighted by molar-refractivity contribution is 9.10. The van der Waals surface area contributed by atoms with Crippen molar-refractivity contribution in [3.8, 4) is 0 Å². The average Bonchev–Trinajstić information content (AvgIpc) is 2.41. The molecule has 0 fully saturated rings. The number of nitrogens with one attached hydrogen (secondary N) is 1. The van der Waals surface area contributed by atoms with E-state index in [9.17, 15) is 4.39 Å². The Morgan fingerprint density at radius 3 is 2.67 bits per heavy atom. The van der Waals surface area contributed by atoms with E-state index in [0.717, 1.165) is 11.1 Å². The van der Waals surface area contributed by atoms with Gasteiger partial charge in [-0.15, -0.1) is 0 Å². The predicted octanol–water partition coefficient (Wildman–Crippen LogP) is 2.13. The van der Waals surface area contributed by atoms with E-state index in [4.69, 9.17) is 5.84 Å². The molecular weight excluding hydrogens is 299 g/mol. The summed E-state index contributed by atoms with van der Waals surface area (Å²) in [6.07, 6.45) is 5.50. The smallest absolute Gasteiger partial charge is 0.137 e. The van der Waals surface area contributed by atoms with Crippen LogP contribution in [0.15, 0.2) is 41.4 Å². The minimum Gasteiger partial charge on any atom is -0.271 e. The van der Waals surface area contributed by atoms with Crippen molar-refractivity contribution in [2.75, 3.05) is 0 Å². The van der Waals surface area contributed by atoms with Crippen molar-refractivity contribution in [3.05, 3.63) is 58.3 Å². The molecule has 0 radical (unpaired) electrons. The summed E-state index contributed by atoms with van der Waals surface area (Å²) in [6, 6.07) is 4.79. The quantitative estimate of drug-likeness (QED) is 0.671. The topological polar surface area (TPSA) is 63.8 Å². The minimum atomic E-state index is -0.279. The number of aromatic nitrogens is 2. The molecule has 0 aliphatic heterocycles. The van der Waals surface area contributed by atoms with Gasteiger partial charge in [0.15, 0.2) is 0 Å². The molecule has 0 aliphatic carbocycles. The van der Waals surface area contributed by atoms with Crippen LogP contribution in [0.4, 0.5) is 4.39 Å². The number of hydrogen-bond acceptors (Lipinski definition) is 4. The first kappa shape index (κ1) is 13.1. The molecule has 1 heterocycles. The number of rotatable bonds is 4. The molecule has 1 atom stereocenters. The van der Waals surface area contributed by atoms with Gasteiger partial charge in [0.25, 0.3) is 0 Å². The van der Waals surface area contributed by atoms with Gasteiger partial charge in [-0.1, -0.05) is 6.07 Å². The summed E-state index contributed by atoms with van der Waals surface area (Å²) in [4.78, 5) is 7.90. The monoisotopic (exact) mass is 310 g/mol. The molecule has 3 N–H and O–H groups in total. The maximum atomic E-state index is 13.1. The number of nitrogens with zero attached hydrogens (tertiary/aromatic N) is 2.